The lowest BCUT2D eigenvalue weighted by molar-refractivity contribution is 0.0924. The molecule has 1 aliphatic rings. The maximum atomic E-state index is 13.4. The molecule has 3 aromatic carbocycles. The highest BCUT2D eigenvalue weighted by molar-refractivity contribution is 6.34. The van der Waals surface area contributed by atoms with Crippen LogP contribution in [-0.2, 0) is 6.54 Å². The van der Waals surface area contributed by atoms with Crippen LogP contribution in [-0.4, -0.2) is 27.5 Å². The summed E-state index contributed by atoms with van der Waals surface area (Å²) in [5.74, 6) is -1.59. The molecule has 5 rings (SSSR count). The zero-order chi connectivity index (χ0) is 22.9. The van der Waals surface area contributed by atoms with Gasteiger partial charge in [0.2, 0.25) is 0 Å². The van der Waals surface area contributed by atoms with E-state index in [1.807, 2.05) is 0 Å². The average Bonchev–Trinajstić information content (AvgIpc) is 3.35. The minimum Gasteiger partial charge on any atom is -0.319 e. The third-order valence-electron chi connectivity index (χ3n) is 5.29. The van der Waals surface area contributed by atoms with Crippen LogP contribution in [0.25, 0.3) is 0 Å². The van der Waals surface area contributed by atoms with Crippen LogP contribution >= 0.6 is 0 Å². The number of nitrogens with zero attached hydrogens (tertiary/aromatic N) is 3. The monoisotopic (exact) mass is 440 g/mol. The van der Waals surface area contributed by atoms with Gasteiger partial charge in [0.1, 0.15) is 5.82 Å². The summed E-state index contributed by atoms with van der Waals surface area (Å²) < 4.78 is 15.0. The Balaban J connectivity index is 1.32. The predicted octanol–water partition coefficient (Wildman–Crippen LogP) is 4.12. The molecule has 0 bridgehead atoms. The van der Waals surface area contributed by atoms with Gasteiger partial charge < -0.3 is 5.32 Å². The van der Waals surface area contributed by atoms with Crippen molar-refractivity contribution in [2.75, 3.05) is 10.2 Å². The fourth-order valence-corrected chi connectivity index (χ4v) is 3.75. The van der Waals surface area contributed by atoms with Gasteiger partial charge in [-0.05, 0) is 48.0 Å². The second kappa shape index (κ2) is 8.16. The van der Waals surface area contributed by atoms with E-state index in [4.69, 9.17) is 0 Å². The number of nitrogens with one attached hydrogen (secondary N) is 1. The predicted molar refractivity (Wildman–Crippen MR) is 120 cm³/mol. The molecule has 162 valence electrons. The van der Waals surface area contributed by atoms with E-state index >= 15 is 0 Å². The molecular weight excluding hydrogens is 423 g/mol. The van der Waals surface area contributed by atoms with Crippen LogP contribution in [0.5, 0.6) is 0 Å². The van der Waals surface area contributed by atoms with E-state index in [1.54, 1.807) is 65.5 Å². The fourth-order valence-electron chi connectivity index (χ4n) is 3.75. The zero-order valence-electron chi connectivity index (χ0n) is 17.2. The van der Waals surface area contributed by atoms with Crippen molar-refractivity contribution in [2.45, 2.75) is 6.54 Å². The maximum absolute atomic E-state index is 13.4. The molecule has 8 heteroatoms. The molecule has 0 atom stereocenters. The van der Waals surface area contributed by atoms with Crippen molar-refractivity contribution >= 4 is 29.1 Å². The highest BCUT2D eigenvalue weighted by Gasteiger charge is 2.36. The largest absolute Gasteiger partial charge is 0.319 e. The van der Waals surface area contributed by atoms with E-state index in [1.165, 1.54) is 24.4 Å². The van der Waals surface area contributed by atoms with E-state index in [0.717, 1.165) is 10.5 Å². The van der Waals surface area contributed by atoms with Crippen LogP contribution < -0.4 is 10.2 Å². The van der Waals surface area contributed by atoms with Crippen molar-refractivity contribution < 1.29 is 18.8 Å². The number of anilines is 2. The van der Waals surface area contributed by atoms with Gasteiger partial charge in [-0.3, -0.25) is 19.1 Å². The second-order valence-corrected chi connectivity index (χ2v) is 7.55. The van der Waals surface area contributed by atoms with Gasteiger partial charge in [-0.1, -0.05) is 30.3 Å². The summed E-state index contributed by atoms with van der Waals surface area (Å²) in [5, 5.41) is 6.94. The van der Waals surface area contributed by atoms with Crippen molar-refractivity contribution in [1.82, 2.24) is 9.78 Å². The Kier molecular flexibility index (Phi) is 5.02. The Hall–Kier alpha value is -4.59. The van der Waals surface area contributed by atoms with Crippen molar-refractivity contribution in [3.8, 4) is 0 Å². The molecule has 33 heavy (non-hydrogen) atoms. The van der Waals surface area contributed by atoms with E-state index in [9.17, 15) is 18.8 Å². The Morgan fingerprint density at radius 2 is 1.64 bits per heavy atom. The van der Waals surface area contributed by atoms with E-state index in [-0.39, 0.29) is 11.4 Å². The first kappa shape index (κ1) is 20.3. The molecule has 0 saturated carbocycles. The van der Waals surface area contributed by atoms with Crippen LogP contribution in [0.3, 0.4) is 0 Å². The van der Waals surface area contributed by atoms with Gasteiger partial charge in [-0.15, -0.1) is 0 Å². The summed E-state index contributed by atoms with van der Waals surface area (Å²) in [7, 11) is 0. The minimum atomic E-state index is -0.424. The van der Waals surface area contributed by atoms with Gasteiger partial charge in [0.15, 0.2) is 0 Å². The first-order chi connectivity index (χ1) is 16.0. The lowest BCUT2D eigenvalue weighted by atomic mass is 10.1. The topological polar surface area (TPSA) is 84.3 Å². The number of carbonyl (C=O) groups excluding carboxylic acids is 3. The lowest BCUT2D eigenvalue weighted by Crippen LogP contribution is -2.29. The van der Waals surface area contributed by atoms with E-state index in [2.05, 4.69) is 10.4 Å². The number of aromatic nitrogens is 2. The van der Waals surface area contributed by atoms with E-state index < -0.39 is 17.7 Å². The van der Waals surface area contributed by atoms with Crippen molar-refractivity contribution in [3.05, 3.63) is 113 Å². The molecule has 0 saturated heterocycles. The summed E-state index contributed by atoms with van der Waals surface area (Å²) in [6.45, 7) is 0.350. The Morgan fingerprint density at radius 1 is 0.909 bits per heavy atom. The first-order valence-corrected chi connectivity index (χ1v) is 10.2. The summed E-state index contributed by atoms with van der Waals surface area (Å²) in [6.07, 6.45) is 3.13. The normalized spacial score (nSPS) is 12.7. The average molecular weight is 440 g/mol. The molecule has 2 heterocycles. The third kappa shape index (κ3) is 3.89. The Morgan fingerprint density at radius 3 is 2.36 bits per heavy atom. The van der Waals surface area contributed by atoms with Crippen molar-refractivity contribution in [2.24, 2.45) is 0 Å². The second-order valence-electron chi connectivity index (χ2n) is 7.55. The van der Waals surface area contributed by atoms with Gasteiger partial charge in [-0.25, -0.2) is 9.29 Å². The summed E-state index contributed by atoms with van der Waals surface area (Å²) >= 11 is 0. The summed E-state index contributed by atoms with van der Waals surface area (Å²) in [6, 6.07) is 19.1. The molecule has 1 aliphatic heterocycles. The third-order valence-corrected chi connectivity index (χ3v) is 5.29. The van der Waals surface area contributed by atoms with Gasteiger partial charge in [0.05, 0.1) is 35.2 Å². The first-order valence-electron chi connectivity index (χ1n) is 10.2. The zero-order valence-corrected chi connectivity index (χ0v) is 17.2. The molecular formula is C25H17FN4O3. The highest BCUT2D eigenvalue weighted by atomic mass is 19.1. The molecule has 7 nitrogen and oxygen atoms in total. The molecule has 0 radical (unpaired) electrons. The summed E-state index contributed by atoms with van der Waals surface area (Å²) in [5.41, 5.74) is 2.47. The number of amides is 3. The SMILES string of the molecule is O=C(Nc1cnn(Cc2cccc(F)c2)c1)c1cccc(N2C(=O)c3ccccc3C2=O)c1. The molecule has 0 unspecified atom stereocenters. The van der Waals surface area contributed by atoms with E-state index in [0.29, 0.717) is 29.0 Å². The Bertz CT molecular complexity index is 1380. The number of benzene rings is 3. The van der Waals surface area contributed by atoms with Crippen LogP contribution in [0.4, 0.5) is 15.8 Å². The number of fused-ring (bicyclic) bond motifs is 1. The highest BCUT2D eigenvalue weighted by Crippen LogP contribution is 2.29. The van der Waals surface area contributed by atoms with Crippen LogP contribution in [0, 0.1) is 5.82 Å². The number of halogens is 1. The van der Waals surface area contributed by atoms with Crippen LogP contribution in [0.2, 0.25) is 0 Å². The van der Waals surface area contributed by atoms with Crippen molar-refractivity contribution in [1.29, 1.82) is 0 Å². The molecule has 0 aliphatic carbocycles. The van der Waals surface area contributed by atoms with Gasteiger partial charge in [-0.2, -0.15) is 5.10 Å². The number of rotatable bonds is 5. The summed E-state index contributed by atoms with van der Waals surface area (Å²) in [4.78, 5) is 39.3. The maximum Gasteiger partial charge on any atom is 0.266 e. The molecule has 3 amide bonds. The number of hydrogen-bond donors (Lipinski definition) is 1. The number of hydrogen-bond acceptors (Lipinski definition) is 4. The smallest absolute Gasteiger partial charge is 0.266 e. The van der Waals surface area contributed by atoms with Gasteiger partial charge in [0.25, 0.3) is 17.7 Å². The van der Waals surface area contributed by atoms with Crippen molar-refractivity contribution in [3.63, 3.8) is 0 Å². The Labute approximate surface area is 188 Å². The molecule has 4 aromatic rings. The standard InChI is InChI=1S/C25H17FN4O3/c26-18-7-3-5-16(11-18)14-29-15-19(13-27-29)28-23(31)17-6-4-8-20(12-17)30-24(32)21-9-1-2-10-22(21)25(30)33/h1-13,15H,14H2,(H,28,31). The molecule has 0 spiro atoms. The molecule has 1 aromatic heterocycles. The van der Waals surface area contributed by atoms with Gasteiger partial charge in [0, 0.05) is 11.8 Å². The molecule has 0 fully saturated rings. The van der Waals surface area contributed by atoms with Crippen LogP contribution in [0.15, 0.2) is 85.2 Å². The minimum absolute atomic E-state index is 0.280. The number of carbonyl (C=O) groups is 3. The molecule has 1 N–H and O–H groups in total. The fraction of sp³-hybridized carbons (Fsp3) is 0.0400. The number of imide groups is 1. The lowest BCUT2D eigenvalue weighted by Gasteiger charge is -2.15. The quantitative estimate of drug-likeness (QED) is 0.473. The van der Waals surface area contributed by atoms with Crippen LogP contribution in [0.1, 0.15) is 36.6 Å². The van der Waals surface area contributed by atoms with Gasteiger partial charge >= 0.3 is 0 Å².